The summed E-state index contributed by atoms with van der Waals surface area (Å²) < 4.78 is 10.2. The molecule has 0 unspecified atom stereocenters. The molecule has 1 aromatic rings. The summed E-state index contributed by atoms with van der Waals surface area (Å²) in [7, 11) is 3.23. The molecule has 0 saturated carbocycles. The van der Waals surface area contributed by atoms with Crippen LogP contribution < -0.4 is 9.47 Å². The highest BCUT2D eigenvalue weighted by atomic mass is 32.1. The van der Waals surface area contributed by atoms with E-state index in [2.05, 4.69) is 0 Å². The van der Waals surface area contributed by atoms with Gasteiger partial charge in [0.2, 0.25) is 0 Å². The number of hydrogen-bond donors (Lipinski definition) is 0. The molecular formula is C9H11O2S. The molecule has 1 aromatic carbocycles. The maximum Gasteiger partial charge on any atom is 0.161 e. The molecule has 0 spiro atoms. The van der Waals surface area contributed by atoms with Crippen LogP contribution in [0.2, 0.25) is 0 Å². The predicted octanol–water partition coefficient (Wildman–Crippen LogP) is 2.40. The average molecular weight is 183 g/mol. The van der Waals surface area contributed by atoms with E-state index in [9.17, 15) is 0 Å². The van der Waals surface area contributed by atoms with Crippen LogP contribution in [0.25, 0.3) is 0 Å². The van der Waals surface area contributed by atoms with E-state index in [1.165, 1.54) is 0 Å². The molecule has 0 aliphatic rings. The molecule has 2 nitrogen and oxygen atoms in total. The highest BCUT2D eigenvalue weighted by Crippen LogP contribution is 2.27. The second-order valence-corrected chi connectivity index (χ2v) is 2.62. The number of methoxy groups -OCH3 is 2. The SMILES string of the molecule is COc1ccc(C[S])cc1OC. The first kappa shape index (κ1) is 9.26. The van der Waals surface area contributed by atoms with Gasteiger partial charge >= 0.3 is 0 Å². The van der Waals surface area contributed by atoms with Crippen molar-refractivity contribution in [1.82, 2.24) is 0 Å². The van der Waals surface area contributed by atoms with Gasteiger partial charge in [0.05, 0.1) is 14.2 Å². The van der Waals surface area contributed by atoms with E-state index < -0.39 is 0 Å². The van der Waals surface area contributed by atoms with Crippen LogP contribution in [0.4, 0.5) is 0 Å². The van der Waals surface area contributed by atoms with Crippen molar-refractivity contribution in [3.05, 3.63) is 23.8 Å². The van der Waals surface area contributed by atoms with Crippen molar-refractivity contribution in [3.63, 3.8) is 0 Å². The summed E-state index contributed by atoms with van der Waals surface area (Å²) in [6.45, 7) is 0. The summed E-state index contributed by atoms with van der Waals surface area (Å²) >= 11 is 4.91. The quantitative estimate of drug-likeness (QED) is 0.716. The van der Waals surface area contributed by atoms with Crippen molar-refractivity contribution >= 4 is 12.6 Å². The molecule has 0 heterocycles. The summed E-state index contributed by atoms with van der Waals surface area (Å²) in [4.78, 5) is 0. The fourth-order valence-corrected chi connectivity index (χ4v) is 1.15. The third kappa shape index (κ3) is 1.85. The van der Waals surface area contributed by atoms with Crippen LogP contribution in [0.15, 0.2) is 18.2 Å². The lowest BCUT2D eigenvalue weighted by atomic mass is 10.2. The molecule has 12 heavy (non-hydrogen) atoms. The smallest absolute Gasteiger partial charge is 0.161 e. The van der Waals surface area contributed by atoms with E-state index in [4.69, 9.17) is 22.1 Å². The third-order valence-corrected chi connectivity index (χ3v) is 1.95. The Labute approximate surface area is 77.9 Å². The summed E-state index contributed by atoms with van der Waals surface area (Å²) in [5.41, 5.74) is 1.07. The second-order valence-electron chi connectivity index (χ2n) is 2.33. The first-order valence-corrected chi connectivity index (χ1v) is 4.18. The van der Waals surface area contributed by atoms with E-state index in [0.717, 1.165) is 17.1 Å². The molecule has 1 rings (SSSR count). The average Bonchev–Trinajstić information content (AvgIpc) is 2.16. The Balaban J connectivity index is 3.02. The van der Waals surface area contributed by atoms with Crippen LogP contribution in [0.1, 0.15) is 5.56 Å². The Hall–Kier alpha value is -0.830. The normalized spacial score (nSPS) is 9.58. The van der Waals surface area contributed by atoms with Crippen LogP contribution in [0.3, 0.4) is 0 Å². The van der Waals surface area contributed by atoms with Crippen molar-refractivity contribution < 1.29 is 9.47 Å². The minimum Gasteiger partial charge on any atom is -0.493 e. The molecule has 0 atom stereocenters. The van der Waals surface area contributed by atoms with Crippen molar-refractivity contribution in [2.75, 3.05) is 14.2 Å². The number of ether oxygens (including phenoxy) is 2. The summed E-state index contributed by atoms with van der Waals surface area (Å²) in [5.74, 6) is 2.07. The van der Waals surface area contributed by atoms with Crippen molar-refractivity contribution in [3.8, 4) is 11.5 Å². The molecule has 0 aromatic heterocycles. The lowest BCUT2D eigenvalue weighted by Crippen LogP contribution is -1.91. The molecule has 0 saturated heterocycles. The van der Waals surface area contributed by atoms with Crippen LogP contribution >= 0.6 is 12.6 Å². The lowest BCUT2D eigenvalue weighted by molar-refractivity contribution is 0.354. The monoisotopic (exact) mass is 183 g/mol. The molecule has 1 radical (unpaired) electrons. The van der Waals surface area contributed by atoms with Gasteiger partial charge in [-0.2, -0.15) is 0 Å². The van der Waals surface area contributed by atoms with Gasteiger partial charge in [-0.15, -0.1) is 0 Å². The van der Waals surface area contributed by atoms with Gasteiger partial charge in [-0.3, -0.25) is 0 Å². The van der Waals surface area contributed by atoms with E-state index in [-0.39, 0.29) is 0 Å². The van der Waals surface area contributed by atoms with Crippen molar-refractivity contribution in [2.45, 2.75) is 5.75 Å². The van der Waals surface area contributed by atoms with E-state index in [1.54, 1.807) is 14.2 Å². The standard InChI is InChI=1S/C9H11O2S/c1-10-8-4-3-7(6-12)5-9(8)11-2/h3-5H,6H2,1-2H3. The van der Waals surface area contributed by atoms with Crippen molar-refractivity contribution in [2.24, 2.45) is 0 Å². The molecule has 0 N–H and O–H groups in total. The zero-order valence-electron chi connectivity index (χ0n) is 7.16. The Morgan fingerprint density at radius 1 is 1.17 bits per heavy atom. The molecule has 65 valence electrons. The summed E-state index contributed by atoms with van der Waals surface area (Å²) in [6, 6.07) is 5.70. The van der Waals surface area contributed by atoms with Gasteiger partial charge in [0, 0.05) is 5.75 Å². The molecule has 0 amide bonds. The second kappa shape index (κ2) is 4.26. The minimum atomic E-state index is 0.598. The highest BCUT2D eigenvalue weighted by molar-refractivity contribution is 7.79. The molecular weight excluding hydrogens is 172 g/mol. The topological polar surface area (TPSA) is 18.5 Å². The summed E-state index contributed by atoms with van der Waals surface area (Å²) in [6.07, 6.45) is 0. The van der Waals surface area contributed by atoms with Crippen LogP contribution in [0.5, 0.6) is 11.5 Å². The molecule has 0 aliphatic carbocycles. The fraction of sp³-hybridized carbons (Fsp3) is 0.333. The van der Waals surface area contributed by atoms with Crippen LogP contribution in [0, 0.1) is 0 Å². The zero-order chi connectivity index (χ0) is 8.97. The fourth-order valence-electron chi connectivity index (χ4n) is 0.970. The Bertz CT molecular complexity index is 261. The Morgan fingerprint density at radius 2 is 1.83 bits per heavy atom. The molecule has 0 bridgehead atoms. The van der Waals surface area contributed by atoms with Gasteiger partial charge in [-0.1, -0.05) is 18.7 Å². The highest BCUT2D eigenvalue weighted by Gasteiger charge is 2.02. The largest absolute Gasteiger partial charge is 0.493 e. The van der Waals surface area contributed by atoms with Gasteiger partial charge in [0.25, 0.3) is 0 Å². The number of rotatable bonds is 3. The van der Waals surface area contributed by atoms with Gasteiger partial charge in [-0.25, -0.2) is 0 Å². The van der Waals surface area contributed by atoms with Crippen LogP contribution in [-0.2, 0) is 5.75 Å². The number of hydrogen-bond acceptors (Lipinski definition) is 2. The number of benzene rings is 1. The van der Waals surface area contributed by atoms with Gasteiger partial charge in [0.15, 0.2) is 11.5 Å². The van der Waals surface area contributed by atoms with Gasteiger partial charge in [0.1, 0.15) is 0 Å². The van der Waals surface area contributed by atoms with Crippen LogP contribution in [-0.4, -0.2) is 14.2 Å². The van der Waals surface area contributed by atoms with Crippen molar-refractivity contribution in [1.29, 1.82) is 0 Å². The molecule has 0 aliphatic heterocycles. The maximum atomic E-state index is 5.11. The van der Waals surface area contributed by atoms with E-state index in [1.807, 2.05) is 18.2 Å². The van der Waals surface area contributed by atoms with E-state index >= 15 is 0 Å². The lowest BCUT2D eigenvalue weighted by Gasteiger charge is -2.07. The molecule has 0 fully saturated rings. The maximum absolute atomic E-state index is 5.11. The Morgan fingerprint density at radius 3 is 2.33 bits per heavy atom. The predicted molar refractivity (Wildman–Crippen MR) is 50.8 cm³/mol. The Kier molecular flexibility index (Phi) is 3.29. The first-order valence-electron chi connectivity index (χ1n) is 3.61. The minimum absolute atomic E-state index is 0.598. The molecule has 3 heteroatoms. The zero-order valence-corrected chi connectivity index (χ0v) is 7.98. The first-order chi connectivity index (χ1) is 5.81. The summed E-state index contributed by atoms with van der Waals surface area (Å²) in [5, 5.41) is 0. The van der Waals surface area contributed by atoms with Gasteiger partial charge in [-0.05, 0) is 17.7 Å². The van der Waals surface area contributed by atoms with E-state index in [0.29, 0.717) is 5.75 Å². The third-order valence-electron chi connectivity index (χ3n) is 1.61. The van der Waals surface area contributed by atoms with Gasteiger partial charge < -0.3 is 9.47 Å².